The molecular weight excluding hydrogens is 538 g/mol. The van der Waals surface area contributed by atoms with E-state index in [0.717, 1.165) is 27.0 Å². The van der Waals surface area contributed by atoms with Crippen molar-refractivity contribution in [2.75, 3.05) is 36.9 Å². The summed E-state index contributed by atoms with van der Waals surface area (Å²) in [7, 11) is -3.83. The molecule has 0 radical (unpaired) electrons. The fourth-order valence-electron chi connectivity index (χ4n) is 3.57. The first kappa shape index (κ1) is 26.8. The number of nitrogens with one attached hydrogen (secondary N) is 1. The van der Waals surface area contributed by atoms with Crippen molar-refractivity contribution in [3.05, 3.63) is 52.5 Å². The van der Waals surface area contributed by atoms with Crippen LogP contribution in [0, 0.1) is 0 Å². The summed E-state index contributed by atoms with van der Waals surface area (Å²) in [4.78, 5) is 27.7. The molecule has 3 rings (SSSR count). The molecule has 0 aliphatic carbocycles. The molecule has 0 saturated carbocycles. The highest BCUT2D eigenvalue weighted by molar-refractivity contribution is 9.10. The highest BCUT2D eigenvalue weighted by Crippen LogP contribution is 2.34. The third kappa shape index (κ3) is 7.11. The van der Waals surface area contributed by atoms with Crippen LogP contribution in [0.25, 0.3) is 0 Å². The van der Waals surface area contributed by atoms with E-state index in [1.54, 1.807) is 25.1 Å². The maximum Gasteiger partial charge on any atom is 0.244 e. The zero-order valence-corrected chi connectivity index (χ0v) is 22.4. The molecule has 35 heavy (non-hydrogen) atoms. The molecule has 1 aliphatic heterocycles. The topological polar surface area (TPSA) is 105 Å². The maximum atomic E-state index is 13.5. The Morgan fingerprint density at radius 2 is 1.74 bits per heavy atom. The minimum Gasteiger partial charge on any atom is -0.486 e. The molecule has 1 aliphatic rings. The quantitative estimate of drug-likeness (QED) is 0.473. The zero-order valence-electron chi connectivity index (χ0n) is 20.0. The number of nitrogens with zero attached hydrogens (tertiary/aromatic N) is 2. The summed E-state index contributed by atoms with van der Waals surface area (Å²) in [6, 6.07) is 11.3. The van der Waals surface area contributed by atoms with E-state index in [2.05, 4.69) is 21.2 Å². The Bertz CT molecular complexity index is 1160. The molecule has 0 saturated heterocycles. The largest absolute Gasteiger partial charge is 0.486 e. The first-order valence-electron chi connectivity index (χ1n) is 11.3. The van der Waals surface area contributed by atoms with E-state index in [-0.39, 0.29) is 18.1 Å². The van der Waals surface area contributed by atoms with Crippen LogP contribution >= 0.6 is 15.9 Å². The van der Waals surface area contributed by atoms with Crippen LogP contribution in [-0.4, -0.2) is 63.7 Å². The highest BCUT2D eigenvalue weighted by atomic mass is 79.9. The summed E-state index contributed by atoms with van der Waals surface area (Å²) in [6.45, 7) is 4.48. The van der Waals surface area contributed by atoms with Gasteiger partial charge in [0.2, 0.25) is 21.8 Å². The number of rotatable bonds is 10. The van der Waals surface area contributed by atoms with Gasteiger partial charge in [0, 0.05) is 23.6 Å². The van der Waals surface area contributed by atoms with Gasteiger partial charge in [-0.2, -0.15) is 0 Å². The number of carbonyl (C=O) groups is 2. The predicted octanol–water partition coefficient (Wildman–Crippen LogP) is 2.93. The summed E-state index contributed by atoms with van der Waals surface area (Å²) >= 11 is 3.39. The Morgan fingerprint density at radius 1 is 1.09 bits per heavy atom. The van der Waals surface area contributed by atoms with Crippen LogP contribution in [0.2, 0.25) is 0 Å². The number of ether oxygens (including phenoxy) is 2. The normalized spacial score (nSPS) is 13.6. The third-order valence-corrected chi connectivity index (χ3v) is 7.14. The van der Waals surface area contributed by atoms with Gasteiger partial charge in [-0.25, -0.2) is 8.42 Å². The van der Waals surface area contributed by atoms with Crippen LogP contribution in [0.3, 0.4) is 0 Å². The van der Waals surface area contributed by atoms with Gasteiger partial charge in [-0.1, -0.05) is 35.0 Å². The van der Waals surface area contributed by atoms with Gasteiger partial charge >= 0.3 is 0 Å². The summed E-state index contributed by atoms with van der Waals surface area (Å²) < 4.78 is 38.4. The second-order valence-electron chi connectivity index (χ2n) is 8.21. The minimum atomic E-state index is -3.83. The molecule has 1 atom stereocenters. The number of hydrogen-bond donors (Lipinski definition) is 1. The number of carbonyl (C=O) groups excluding carboxylic acids is 2. The molecule has 1 N–H and O–H groups in total. The molecule has 9 nitrogen and oxygen atoms in total. The van der Waals surface area contributed by atoms with Crippen molar-refractivity contribution in [2.45, 2.75) is 32.9 Å². The van der Waals surface area contributed by atoms with Crippen LogP contribution in [0.5, 0.6) is 11.5 Å². The Kier molecular flexibility index (Phi) is 9.01. The molecule has 0 spiro atoms. The van der Waals surface area contributed by atoms with Gasteiger partial charge in [0.1, 0.15) is 25.8 Å². The number of amides is 2. The number of hydrogen-bond acceptors (Lipinski definition) is 6. The van der Waals surface area contributed by atoms with Crippen molar-refractivity contribution in [3.63, 3.8) is 0 Å². The van der Waals surface area contributed by atoms with Crippen molar-refractivity contribution in [1.82, 2.24) is 10.2 Å². The van der Waals surface area contributed by atoms with Crippen LogP contribution in [-0.2, 0) is 26.2 Å². The lowest BCUT2D eigenvalue weighted by Crippen LogP contribution is -2.51. The van der Waals surface area contributed by atoms with Crippen molar-refractivity contribution in [1.29, 1.82) is 0 Å². The molecule has 2 amide bonds. The fraction of sp³-hybridized carbons (Fsp3) is 0.417. The lowest BCUT2D eigenvalue weighted by atomic mass is 10.1. The number of sulfonamides is 1. The lowest BCUT2D eigenvalue weighted by Gasteiger charge is -2.31. The highest BCUT2D eigenvalue weighted by Gasteiger charge is 2.30. The molecule has 0 fully saturated rings. The van der Waals surface area contributed by atoms with Gasteiger partial charge in [0.15, 0.2) is 11.5 Å². The molecule has 0 bridgehead atoms. The summed E-state index contributed by atoms with van der Waals surface area (Å²) in [6.07, 6.45) is 1.79. The first-order valence-corrected chi connectivity index (χ1v) is 13.9. The molecule has 0 aromatic heterocycles. The average Bonchev–Trinajstić information content (AvgIpc) is 2.83. The van der Waals surface area contributed by atoms with E-state index < -0.39 is 28.5 Å². The molecule has 11 heteroatoms. The molecule has 0 unspecified atom stereocenters. The summed E-state index contributed by atoms with van der Waals surface area (Å²) in [5.74, 6) is 0.113. The smallest absolute Gasteiger partial charge is 0.244 e. The Labute approximate surface area is 214 Å². The van der Waals surface area contributed by atoms with Crippen molar-refractivity contribution >= 4 is 43.5 Å². The summed E-state index contributed by atoms with van der Waals surface area (Å²) in [5.41, 5.74) is 1.08. The van der Waals surface area contributed by atoms with Crippen LogP contribution in [0.15, 0.2) is 46.9 Å². The van der Waals surface area contributed by atoms with Gasteiger partial charge in [-0.3, -0.25) is 13.9 Å². The van der Waals surface area contributed by atoms with Crippen LogP contribution in [0.4, 0.5) is 5.69 Å². The number of fused-ring (bicyclic) bond motifs is 1. The lowest BCUT2D eigenvalue weighted by molar-refractivity contribution is -0.139. The monoisotopic (exact) mass is 567 g/mol. The van der Waals surface area contributed by atoms with E-state index in [0.29, 0.717) is 31.3 Å². The van der Waals surface area contributed by atoms with Crippen molar-refractivity contribution in [2.24, 2.45) is 0 Å². The number of benzene rings is 2. The number of anilines is 1. The number of halogens is 1. The van der Waals surface area contributed by atoms with E-state index in [1.165, 1.54) is 4.90 Å². The zero-order chi connectivity index (χ0) is 25.6. The molecule has 190 valence electrons. The van der Waals surface area contributed by atoms with Gasteiger partial charge < -0.3 is 19.7 Å². The predicted molar refractivity (Wildman–Crippen MR) is 137 cm³/mol. The molecule has 1 heterocycles. The first-order chi connectivity index (χ1) is 16.6. The van der Waals surface area contributed by atoms with E-state index in [9.17, 15) is 18.0 Å². The third-order valence-electron chi connectivity index (χ3n) is 5.48. The Hall–Kier alpha value is -2.79. The molecule has 2 aromatic rings. The van der Waals surface area contributed by atoms with Gasteiger partial charge in [-0.15, -0.1) is 0 Å². The second-order valence-corrected chi connectivity index (χ2v) is 11.0. The van der Waals surface area contributed by atoms with E-state index in [4.69, 9.17) is 9.47 Å². The van der Waals surface area contributed by atoms with Crippen LogP contribution < -0.4 is 19.1 Å². The maximum absolute atomic E-state index is 13.5. The SMILES string of the molecule is CCCNC(=O)[C@H](C)N(Cc1ccc(Br)cc1)C(=O)CN(c1ccc2c(c1)OCCO2)S(C)(=O)=O. The van der Waals surface area contributed by atoms with E-state index >= 15 is 0 Å². The minimum absolute atomic E-state index is 0.144. The standard InChI is InChI=1S/C24H30BrN3O6S/c1-4-11-26-24(30)17(2)27(15-18-5-7-19(25)8-6-18)23(29)16-28(35(3,31)32)20-9-10-21-22(14-20)34-13-12-33-21/h5-10,14,17H,4,11-13,15-16H2,1-3H3,(H,26,30)/t17-/m0/s1. The van der Waals surface area contributed by atoms with Crippen LogP contribution in [0.1, 0.15) is 25.8 Å². The van der Waals surface area contributed by atoms with E-state index in [1.807, 2.05) is 31.2 Å². The fourth-order valence-corrected chi connectivity index (χ4v) is 4.67. The molecule has 2 aromatic carbocycles. The van der Waals surface area contributed by atoms with Gasteiger partial charge in [-0.05, 0) is 43.2 Å². The second kappa shape index (κ2) is 11.8. The van der Waals surface area contributed by atoms with Gasteiger partial charge in [0.25, 0.3) is 0 Å². The summed E-state index contributed by atoms with van der Waals surface area (Å²) in [5, 5.41) is 2.81. The Morgan fingerprint density at radius 3 is 2.37 bits per heavy atom. The average molecular weight is 568 g/mol. The van der Waals surface area contributed by atoms with Crippen molar-refractivity contribution < 1.29 is 27.5 Å². The van der Waals surface area contributed by atoms with Gasteiger partial charge in [0.05, 0.1) is 11.9 Å². The Balaban J connectivity index is 1.90. The molecular formula is C24H30BrN3O6S. The van der Waals surface area contributed by atoms with Crippen molar-refractivity contribution in [3.8, 4) is 11.5 Å².